The molecule has 0 aliphatic carbocycles. The second-order valence-corrected chi connectivity index (χ2v) is 7.78. The van der Waals surface area contributed by atoms with Gasteiger partial charge >= 0.3 is 0 Å². The number of benzene rings is 1. The number of morpholine rings is 1. The maximum atomic E-state index is 12.8. The van der Waals surface area contributed by atoms with E-state index in [-0.39, 0.29) is 11.8 Å². The molecule has 2 aliphatic rings. The Kier molecular flexibility index (Phi) is 4.61. The normalized spacial score (nSPS) is 22.1. The van der Waals surface area contributed by atoms with Crippen LogP contribution >= 0.6 is 22.9 Å². The van der Waals surface area contributed by atoms with Gasteiger partial charge < -0.3 is 14.5 Å². The second-order valence-electron chi connectivity index (χ2n) is 6.33. The molecule has 4 rings (SSSR count). The molecule has 1 aromatic heterocycles. The molecular weight excluding hydrogens is 346 g/mol. The molecule has 1 atom stereocenters. The molecule has 3 heterocycles. The summed E-state index contributed by atoms with van der Waals surface area (Å²) in [5.41, 5.74) is 0.973. The summed E-state index contributed by atoms with van der Waals surface area (Å²) in [4.78, 5) is 21.7. The van der Waals surface area contributed by atoms with Crippen LogP contribution in [0, 0.1) is 5.92 Å². The zero-order valence-corrected chi connectivity index (χ0v) is 15.0. The summed E-state index contributed by atoms with van der Waals surface area (Å²) >= 11 is 7.72. The number of hydrogen-bond acceptors (Lipinski definition) is 5. The molecule has 1 aromatic carbocycles. The van der Waals surface area contributed by atoms with Gasteiger partial charge in [-0.1, -0.05) is 22.9 Å². The van der Waals surface area contributed by atoms with Gasteiger partial charge in [-0.05, 0) is 31.0 Å². The average Bonchev–Trinajstić information content (AvgIpc) is 3.05. The second kappa shape index (κ2) is 6.86. The van der Waals surface area contributed by atoms with Gasteiger partial charge in [-0.2, -0.15) is 0 Å². The van der Waals surface area contributed by atoms with Gasteiger partial charge in [0, 0.05) is 31.2 Å². The summed E-state index contributed by atoms with van der Waals surface area (Å²) in [6.45, 7) is 4.45. The van der Waals surface area contributed by atoms with Crippen LogP contribution in [0.15, 0.2) is 18.2 Å². The number of ether oxygens (including phenoxy) is 1. The number of carbonyl (C=O) groups excluding carboxylic acids is 1. The molecule has 2 fully saturated rings. The van der Waals surface area contributed by atoms with Crippen molar-refractivity contribution in [3.63, 3.8) is 0 Å². The van der Waals surface area contributed by atoms with Crippen LogP contribution in [0.4, 0.5) is 5.13 Å². The lowest BCUT2D eigenvalue weighted by molar-refractivity contribution is -0.139. The van der Waals surface area contributed by atoms with Gasteiger partial charge in [0.25, 0.3) is 0 Å². The standard InChI is InChI=1S/C17H20ClN3O2S/c18-13-3-4-14-15(10-13)24-17(19-14)21-5-1-2-12(11-21)16(22)20-6-8-23-9-7-20/h3-4,10,12H,1-2,5-9,11H2. The lowest BCUT2D eigenvalue weighted by Crippen LogP contribution is -2.48. The van der Waals surface area contributed by atoms with E-state index in [4.69, 9.17) is 21.3 Å². The lowest BCUT2D eigenvalue weighted by atomic mass is 9.96. The first kappa shape index (κ1) is 16.1. The lowest BCUT2D eigenvalue weighted by Gasteiger charge is -2.36. The molecule has 0 bridgehead atoms. The van der Waals surface area contributed by atoms with Crippen LogP contribution in [-0.2, 0) is 9.53 Å². The smallest absolute Gasteiger partial charge is 0.227 e. The summed E-state index contributed by atoms with van der Waals surface area (Å²) in [6, 6.07) is 5.78. The highest BCUT2D eigenvalue weighted by Crippen LogP contribution is 2.33. The third-order valence-corrected chi connectivity index (χ3v) is 6.02. The summed E-state index contributed by atoms with van der Waals surface area (Å²) < 4.78 is 6.44. The summed E-state index contributed by atoms with van der Waals surface area (Å²) in [6.07, 6.45) is 1.99. The largest absolute Gasteiger partial charge is 0.378 e. The molecule has 1 amide bonds. The highest BCUT2D eigenvalue weighted by Gasteiger charge is 2.31. The van der Waals surface area contributed by atoms with Crippen molar-refractivity contribution in [2.24, 2.45) is 5.92 Å². The van der Waals surface area contributed by atoms with Crippen molar-refractivity contribution in [2.45, 2.75) is 12.8 Å². The van der Waals surface area contributed by atoms with Crippen LogP contribution in [0.3, 0.4) is 0 Å². The quantitative estimate of drug-likeness (QED) is 0.820. The Balaban J connectivity index is 1.50. The molecule has 2 aromatic rings. The third-order valence-electron chi connectivity index (χ3n) is 4.70. The van der Waals surface area contributed by atoms with Crippen molar-refractivity contribution in [3.8, 4) is 0 Å². The predicted molar refractivity (Wildman–Crippen MR) is 97.0 cm³/mol. The van der Waals surface area contributed by atoms with Crippen molar-refractivity contribution in [2.75, 3.05) is 44.3 Å². The number of amides is 1. The van der Waals surface area contributed by atoms with Crippen LogP contribution < -0.4 is 4.90 Å². The van der Waals surface area contributed by atoms with Crippen LogP contribution in [0.5, 0.6) is 0 Å². The summed E-state index contributed by atoms with van der Waals surface area (Å²) in [5, 5.41) is 1.73. The van der Waals surface area contributed by atoms with Crippen molar-refractivity contribution < 1.29 is 9.53 Å². The number of piperidine rings is 1. The van der Waals surface area contributed by atoms with Crippen molar-refractivity contribution in [3.05, 3.63) is 23.2 Å². The fourth-order valence-electron chi connectivity index (χ4n) is 3.42. The Bertz CT molecular complexity index is 745. The monoisotopic (exact) mass is 365 g/mol. The fraction of sp³-hybridized carbons (Fsp3) is 0.529. The van der Waals surface area contributed by atoms with Crippen LogP contribution in [0.1, 0.15) is 12.8 Å². The first-order valence-electron chi connectivity index (χ1n) is 8.38. The van der Waals surface area contributed by atoms with E-state index in [0.29, 0.717) is 13.2 Å². The topological polar surface area (TPSA) is 45.7 Å². The van der Waals surface area contributed by atoms with Gasteiger partial charge in [0.15, 0.2) is 5.13 Å². The predicted octanol–water partition coefficient (Wildman–Crippen LogP) is 3.02. The Hall–Kier alpha value is -1.37. The van der Waals surface area contributed by atoms with Gasteiger partial charge in [0.2, 0.25) is 5.91 Å². The molecule has 2 saturated heterocycles. The Morgan fingerprint density at radius 1 is 1.29 bits per heavy atom. The minimum Gasteiger partial charge on any atom is -0.378 e. The summed E-state index contributed by atoms with van der Waals surface area (Å²) in [5.74, 6) is 0.333. The molecular formula is C17H20ClN3O2S. The highest BCUT2D eigenvalue weighted by atomic mass is 35.5. The number of carbonyl (C=O) groups is 1. The van der Waals surface area contributed by atoms with E-state index in [1.165, 1.54) is 0 Å². The number of anilines is 1. The molecule has 7 heteroatoms. The SMILES string of the molecule is O=C(C1CCCN(c2nc3ccc(Cl)cc3s2)C1)N1CCOCC1. The maximum absolute atomic E-state index is 12.8. The molecule has 0 radical (unpaired) electrons. The molecule has 24 heavy (non-hydrogen) atoms. The number of thiazole rings is 1. The van der Waals surface area contributed by atoms with Crippen LogP contribution in [-0.4, -0.2) is 55.2 Å². The average molecular weight is 366 g/mol. The Morgan fingerprint density at radius 3 is 2.96 bits per heavy atom. The zero-order valence-electron chi connectivity index (χ0n) is 13.4. The number of nitrogens with zero attached hydrogens (tertiary/aromatic N) is 3. The minimum absolute atomic E-state index is 0.0625. The van der Waals surface area contributed by atoms with E-state index in [1.807, 2.05) is 23.1 Å². The molecule has 0 N–H and O–H groups in total. The molecule has 5 nitrogen and oxygen atoms in total. The van der Waals surface area contributed by atoms with Crippen molar-refractivity contribution >= 4 is 44.2 Å². The molecule has 0 spiro atoms. The Labute approximate surface area is 150 Å². The third kappa shape index (κ3) is 3.23. The molecule has 2 aliphatic heterocycles. The number of halogens is 1. The maximum Gasteiger partial charge on any atom is 0.227 e. The number of aromatic nitrogens is 1. The Morgan fingerprint density at radius 2 is 2.12 bits per heavy atom. The minimum atomic E-state index is 0.0625. The van der Waals surface area contributed by atoms with Gasteiger partial charge in [0.05, 0.1) is 29.3 Å². The van der Waals surface area contributed by atoms with Crippen molar-refractivity contribution in [1.29, 1.82) is 0 Å². The van der Waals surface area contributed by atoms with Crippen molar-refractivity contribution in [1.82, 2.24) is 9.88 Å². The number of rotatable bonds is 2. The highest BCUT2D eigenvalue weighted by molar-refractivity contribution is 7.22. The molecule has 0 saturated carbocycles. The van der Waals surface area contributed by atoms with Gasteiger partial charge in [-0.25, -0.2) is 4.98 Å². The van der Waals surface area contributed by atoms with E-state index >= 15 is 0 Å². The first-order valence-corrected chi connectivity index (χ1v) is 9.58. The van der Waals surface area contributed by atoms with Crippen LogP contribution in [0.2, 0.25) is 5.02 Å². The number of hydrogen-bond donors (Lipinski definition) is 0. The number of fused-ring (bicyclic) bond motifs is 1. The van der Waals surface area contributed by atoms with Crippen LogP contribution in [0.25, 0.3) is 10.2 Å². The zero-order chi connectivity index (χ0) is 16.5. The van der Waals surface area contributed by atoms with Gasteiger partial charge in [0.1, 0.15) is 0 Å². The molecule has 1 unspecified atom stereocenters. The van der Waals surface area contributed by atoms with E-state index in [9.17, 15) is 4.79 Å². The van der Waals surface area contributed by atoms with E-state index in [2.05, 4.69) is 4.90 Å². The van der Waals surface area contributed by atoms with E-state index in [1.54, 1.807) is 11.3 Å². The van der Waals surface area contributed by atoms with E-state index < -0.39 is 0 Å². The van der Waals surface area contributed by atoms with E-state index in [0.717, 1.165) is 59.4 Å². The molecule has 128 valence electrons. The summed E-state index contributed by atoms with van der Waals surface area (Å²) in [7, 11) is 0. The first-order chi connectivity index (χ1) is 11.7. The van der Waals surface area contributed by atoms with Gasteiger partial charge in [-0.15, -0.1) is 0 Å². The van der Waals surface area contributed by atoms with Gasteiger partial charge in [-0.3, -0.25) is 4.79 Å². The fourth-order valence-corrected chi connectivity index (χ4v) is 4.69.